The fourth-order valence-corrected chi connectivity index (χ4v) is 4.56. The number of hydrogen-bond acceptors (Lipinski definition) is 2. The molecule has 0 saturated heterocycles. The second-order valence-corrected chi connectivity index (χ2v) is 9.04. The van der Waals surface area contributed by atoms with Crippen LogP contribution in [0.2, 0.25) is 0 Å². The molecule has 0 bridgehead atoms. The number of hydrogen-bond donors (Lipinski definition) is 1. The second kappa shape index (κ2) is 7.00. The number of nitrogens with one attached hydrogen (secondary N) is 1. The number of nitrogens with zero attached hydrogens (tertiary/aromatic N) is 1. The minimum Gasteiger partial charge on any atom is -0.315 e. The minimum absolute atomic E-state index is 0.447. The molecular weight excluding hydrogens is 256 g/mol. The maximum absolute atomic E-state index is 3.83. The average Bonchev–Trinajstić information content (AvgIpc) is 2.88. The van der Waals surface area contributed by atoms with Crippen molar-refractivity contribution >= 4 is 0 Å². The van der Waals surface area contributed by atoms with Crippen molar-refractivity contribution in [3.63, 3.8) is 0 Å². The van der Waals surface area contributed by atoms with E-state index < -0.39 is 0 Å². The highest BCUT2D eigenvalue weighted by atomic mass is 15.2. The largest absolute Gasteiger partial charge is 0.315 e. The summed E-state index contributed by atoms with van der Waals surface area (Å²) in [4.78, 5) is 2.48. The van der Waals surface area contributed by atoms with Crippen LogP contribution in [0.3, 0.4) is 0 Å². The zero-order valence-electron chi connectivity index (χ0n) is 15.2. The lowest BCUT2D eigenvalue weighted by Crippen LogP contribution is -2.50. The van der Waals surface area contributed by atoms with Crippen LogP contribution in [0.4, 0.5) is 0 Å². The molecule has 0 spiro atoms. The molecule has 0 aromatic heterocycles. The molecule has 0 amide bonds. The highest BCUT2D eigenvalue weighted by Gasteiger charge is 2.36. The molecule has 0 atom stereocenters. The Hall–Kier alpha value is -0.0800. The maximum atomic E-state index is 3.83. The van der Waals surface area contributed by atoms with Gasteiger partial charge in [0.15, 0.2) is 0 Å². The Bertz CT molecular complexity index is 302. The van der Waals surface area contributed by atoms with Crippen LogP contribution in [-0.4, -0.2) is 37.6 Å². The summed E-state index contributed by atoms with van der Waals surface area (Å²) in [7, 11) is 4.53. The summed E-state index contributed by atoms with van der Waals surface area (Å²) >= 11 is 0. The van der Waals surface area contributed by atoms with Gasteiger partial charge in [0.1, 0.15) is 0 Å². The van der Waals surface area contributed by atoms with E-state index in [2.05, 4.69) is 45.1 Å². The summed E-state index contributed by atoms with van der Waals surface area (Å²) in [5.74, 6) is 1.86. The van der Waals surface area contributed by atoms with Crippen molar-refractivity contribution in [2.75, 3.05) is 27.2 Å². The van der Waals surface area contributed by atoms with Crippen molar-refractivity contribution < 1.29 is 0 Å². The van der Waals surface area contributed by atoms with Gasteiger partial charge >= 0.3 is 0 Å². The molecule has 0 heterocycles. The molecule has 1 N–H and O–H groups in total. The van der Waals surface area contributed by atoms with Crippen molar-refractivity contribution in [1.82, 2.24) is 10.2 Å². The van der Waals surface area contributed by atoms with E-state index in [-0.39, 0.29) is 0 Å². The van der Waals surface area contributed by atoms with Gasteiger partial charge in [-0.2, -0.15) is 0 Å². The van der Waals surface area contributed by atoms with E-state index in [0.717, 1.165) is 11.8 Å². The van der Waals surface area contributed by atoms with E-state index in [1.54, 1.807) is 0 Å². The molecule has 2 rings (SSSR count). The molecule has 0 aromatic rings. The summed E-state index contributed by atoms with van der Waals surface area (Å²) in [5.41, 5.74) is 0.958. The molecule has 2 saturated carbocycles. The smallest absolute Gasteiger partial charge is 0.0327 e. The van der Waals surface area contributed by atoms with Gasteiger partial charge in [-0.3, -0.25) is 0 Å². The Morgan fingerprint density at radius 1 is 1.00 bits per heavy atom. The first-order chi connectivity index (χ1) is 9.83. The summed E-state index contributed by atoms with van der Waals surface area (Å²) < 4.78 is 0. The van der Waals surface area contributed by atoms with Gasteiger partial charge in [-0.25, -0.2) is 0 Å². The van der Waals surface area contributed by atoms with Gasteiger partial charge in [0, 0.05) is 12.1 Å². The summed E-state index contributed by atoms with van der Waals surface area (Å²) in [6, 6.07) is 0. The fraction of sp³-hybridized carbons (Fsp3) is 1.00. The lowest BCUT2D eigenvalue weighted by atomic mass is 9.70. The van der Waals surface area contributed by atoms with Crippen molar-refractivity contribution in [1.29, 1.82) is 0 Å². The van der Waals surface area contributed by atoms with Crippen LogP contribution in [0.15, 0.2) is 0 Å². The molecule has 2 aliphatic carbocycles. The highest BCUT2D eigenvalue weighted by Crippen LogP contribution is 2.39. The molecule has 21 heavy (non-hydrogen) atoms. The zero-order chi connectivity index (χ0) is 15.5. The van der Waals surface area contributed by atoms with Crippen molar-refractivity contribution in [3.8, 4) is 0 Å². The average molecular weight is 295 g/mol. The minimum atomic E-state index is 0.447. The molecule has 0 radical (unpaired) electrons. The first-order valence-corrected chi connectivity index (χ1v) is 9.22. The van der Waals surface area contributed by atoms with Gasteiger partial charge in [-0.1, -0.05) is 33.6 Å². The molecule has 0 unspecified atom stereocenters. The predicted molar refractivity (Wildman–Crippen MR) is 92.7 cm³/mol. The van der Waals surface area contributed by atoms with Gasteiger partial charge in [-0.05, 0) is 76.4 Å². The Morgan fingerprint density at radius 2 is 1.57 bits per heavy atom. The molecule has 0 aliphatic heterocycles. The lowest BCUT2D eigenvalue weighted by Gasteiger charge is -2.39. The lowest BCUT2D eigenvalue weighted by molar-refractivity contribution is 0.134. The molecule has 2 fully saturated rings. The quantitative estimate of drug-likeness (QED) is 0.813. The van der Waals surface area contributed by atoms with Crippen LogP contribution < -0.4 is 5.32 Å². The Kier molecular flexibility index (Phi) is 5.76. The first kappa shape index (κ1) is 17.3. The van der Waals surface area contributed by atoms with E-state index in [1.165, 1.54) is 64.5 Å². The van der Waals surface area contributed by atoms with Crippen molar-refractivity contribution in [2.45, 2.75) is 77.7 Å². The molecular formula is C19H38N2. The standard InChI is InChI=1S/C19H38N2/c1-18(2,3)17-10-8-16(9-11-17)14-20-15-19(21(4)5)12-6-7-13-19/h16-17,20H,6-15H2,1-5H3. The topological polar surface area (TPSA) is 15.3 Å². The summed E-state index contributed by atoms with van der Waals surface area (Å²) in [5, 5.41) is 3.83. The van der Waals surface area contributed by atoms with Crippen LogP contribution >= 0.6 is 0 Å². The van der Waals surface area contributed by atoms with E-state index >= 15 is 0 Å². The Labute approximate surface area is 133 Å². The normalized spacial score (nSPS) is 30.0. The Balaban J connectivity index is 1.70. The predicted octanol–water partition coefficient (Wildman–Crippen LogP) is 4.30. The van der Waals surface area contributed by atoms with Crippen LogP contribution in [-0.2, 0) is 0 Å². The van der Waals surface area contributed by atoms with Gasteiger partial charge in [-0.15, -0.1) is 0 Å². The molecule has 124 valence electrons. The monoisotopic (exact) mass is 294 g/mol. The number of rotatable bonds is 5. The summed E-state index contributed by atoms with van der Waals surface area (Å²) in [6.45, 7) is 9.68. The maximum Gasteiger partial charge on any atom is 0.0327 e. The zero-order valence-corrected chi connectivity index (χ0v) is 15.2. The third-order valence-corrected chi connectivity index (χ3v) is 6.44. The molecule has 2 nitrogen and oxygen atoms in total. The van der Waals surface area contributed by atoms with Crippen molar-refractivity contribution in [2.24, 2.45) is 17.3 Å². The van der Waals surface area contributed by atoms with Crippen LogP contribution in [0.1, 0.15) is 72.1 Å². The molecule has 2 aliphatic rings. The number of likely N-dealkylation sites (N-methyl/N-ethyl adjacent to an activating group) is 1. The van der Waals surface area contributed by atoms with Gasteiger partial charge < -0.3 is 10.2 Å². The van der Waals surface area contributed by atoms with E-state index in [1.807, 2.05) is 0 Å². The third kappa shape index (κ3) is 4.45. The van der Waals surface area contributed by atoms with E-state index in [9.17, 15) is 0 Å². The van der Waals surface area contributed by atoms with E-state index in [0.29, 0.717) is 11.0 Å². The highest BCUT2D eigenvalue weighted by molar-refractivity contribution is 4.94. The van der Waals surface area contributed by atoms with Gasteiger partial charge in [0.05, 0.1) is 0 Å². The van der Waals surface area contributed by atoms with Crippen LogP contribution in [0.5, 0.6) is 0 Å². The Morgan fingerprint density at radius 3 is 2.05 bits per heavy atom. The first-order valence-electron chi connectivity index (χ1n) is 9.22. The SMILES string of the molecule is CN(C)C1(CNCC2CCC(C(C)(C)C)CC2)CCCC1. The fourth-order valence-electron chi connectivity index (χ4n) is 4.56. The van der Waals surface area contributed by atoms with Gasteiger partial charge in [0.25, 0.3) is 0 Å². The van der Waals surface area contributed by atoms with Gasteiger partial charge in [0.2, 0.25) is 0 Å². The third-order valence-electron chi connectivity index (χ3n) is 6.44. The van der Waals surface area contributed by atoms with E-state index in [4.69, 9.17) is 0 Å². The van der Waals surface area contributed by atoms with Crippen LogP contribution in [0.25, 0.3) is 0 Å². The van der Waals surface area contributed by atoms with Crippen molar-refractivity contribution in [3.05, 3.63) is 0 Å². The summed E-state index contributed by atoms with van der Waals surface area (Å²) in [6.07, 6.45) is 11.3. The van der Waals surface area contributed by atoms with Crippen LogP contribution in [0, 0.1) is 17.3 Å². The second-order valence-electron chi connectivity index (χ2n) is 9.04. The molecule has 2 heteroatoms. The molecule has 0 aromatic carbocycles.